The molecule has 0 radical (unpaired) electrons. The molecule has 0 bridgehead atoms. The zero-order valence-electron chi connectivity index (χ0n) is 10.9. The Balaban J connectivity index is 1.81. The first-order valence-corrected chi connectivity index (χ1v) is 7.31. The summed E-state index contributed by atoms with van der Waals surface area (Å²) in [5, 5.41) is 14.1. The van der Waals surface area contributed by atoms with Crippen molar-refractivity contribution in [1.29, 1.82) is 0 Å². The molecule has 1 aromatic heterocycles. The molecule has 20 heavy (non-hydrogen) atoms. The fraction of sp³-hybridized carbons (Fsp3) is 0.636. The number of hydrogen-bond acceptors (Lipinski definition) is 7. The lowest BCUT2D eigenvalue weighted by Gasteiger charge is -2.25. The van der Waals surface area contributed by atoms with Crippen LogP contribution in [0.15, 0.2) is 5.38 Å². The molecule has 1 fully saturated rings. The van der Waals surface area contributed by atoms with Gasteiger partial charge in [0.1, 0.15) is 12.3 Å². The van der Waals surface area contributed by atoms with Crippen LogP contribution in [0.25, 0.3) is 0 Å². The van der Waals surface area contributed by atoms with Crippen LogP contribution >= 0.6 is 11.3 Å². The van der Waals surface area contributed by atoms with Crippen LogP contribution in [0, 0.1) is 10.1 Å². The van der Waals surface area contributed by atoms with E-state index in [1.165, 1.54) is 17.8 Å². The number of rotatable bonds is 6. The maximum atomic E-state index is 11.8. The first-order valence-electron chi connectivity index (χ1n) is 6.43. The Morgan fingerprint density at radius 1 is 1.50 bits per heavy atom. The first-order chi connectivity index (χ1) is 9.66. The van der Waals surface area contributed by atoms with E-state index in [-0.39, 0.29) is 19.1 Å². The molecule has 1 N–H and O–H groups in total. The zero-order valence-corrected chi connectivity index (χ0v) is 11.7. The van der Waals surface area contributed by atoms with Gasteiger partial charge in [-0.15, -0.1) is 21.5 Å². The van der Waals surface area contributed by atoms with Crippen molar-refractivity contribution in [2.75, 3.05) is 31.1 Å². The summed E-state index contributed by atoms with van der Waals surface area (Å²) in [7, 11) is 0. The van der Waals surface area contributed by atoms with Gasteiger partial charge in [0, 0.05) is 25.0 Å². The number of carbonyl (C=O) groups excluding carboxylic acids is 1. The lowest BCUT2D eigenvalue weighted by Crippen LogP contribution is -2.30. The van der Waals surface area contributed by atoms with E-state index in [4.69, 9.17) is 0 Å². The van der Waals surface area contributed by atoms with Crippen LogP contribution in [0.3, 0.4) is 0 Å². The van der Waals surface area contributed by atoms with Gasteiger partial charge in [0.05, 0.1) is 0 Å². The van der Waals surface area contributed by atoms with E-state index in [9.17, 15) is 14.9 Å². The fourth-order valence-electron chi connectivity index (χ4n) is 1.97. The number of nitrogens with zero attached hydrogens (tertiary/aromatic N) is 3. The highest BCUT2D eigenvalue weighted by Gasteiger charge is 2.16. The largest absolute Gasteiger partial charge is 0.349 e. The standard InChI is InChI=1S/C11H16N4O4S/c16-10(12-4-7-19-15(17)18)9-8-20-11(13-9)14-5-2-1-3-6-14/h8H,1-7H2,(H,12,16). The predicted molar refractivity (Wildman–Crippen MR) is 73.5 cm³/mol. The van der Waals surface area contributed by atoms with E-state index < -0.39 is 5.09 Å². The summed E-state index contributed by atoms with van der Waals surface area (Å²) < 4.78 is 0. The number of aromatic nitrogens is 1. The Bertz CT molecular complexity index is 473. The van der Waals surface area contributed by atoms with Gasteiger partial charge in [-0.25, -0.2) is 4.98 Å². The highest BCUT2D eigenvalue weighted by molar-refractivity contribution is 7.13. The van der Waals surface area contributed by atoms with E-state index in [2.05, 4.69) is 20.0 Å². The molecule has 2 heterocycles. The fourth-order valence-corrected chi connectivity index (χ4v) is 2.83. The van der Waals surface area contributed by atoms with E-state index in [1.807, 2.05) is 0 Å². The Morgan fingerprint density at radius 2 is 2.25 bits per heavy atom. The summed E-state index contributed by atoms with van der Waals surface area (Å²) in [6.07, 6.45) is 3.55. The van der Waals surface area contributed by atoms with Crippen LogP contribution in [0.5, 0.6) is 0 Å². The van der Waals surface area contributed by atoms with Gasteiger partial charge >= 0.3 is 0 Å². The maximum absolute atomic E-state index is 11.8. The van der Waals surface area contributed by atoms with Crippen molar-refractivity contribution in [2.24, 2.45) is 0 Å². The van der Waals surface area contributed by atoms with Crippen LogP contribution < -0.4 is 10.2 Å². The maximum Gasteiger partial charge on any atom is 0.294 e. The van der Waals surface area contributed by atoms with Crippen LogP contribution in [0.4, 0.5) is 5.13 Å². The second-order valence-electron chi connectivity index (χ2n) is 4.38. The van der Waals surface area contributed by atoms with Crippen LogP contribution in [-0.2, 0) is 4.84 Å². The molecule has 110 valence electrons. The third-order valence-electron chi connectivity index (χ3n) is 2.94. The Morgan fingerprint density at radius 3 is 2.95 bits per heavy atom. The average Bonchev–Trinajstić information content (AvgIpc) is 2.94. The minimum Gasteiger partial charge on any atom is -0.349 e. The normalized spacial score (nSPS) is 14.9. The second-order valence-corrected chi connectivity index (χ2v) is 5.21. The molecule has 0 aliphatic carbocycles. The number of anilines is 1. The lowest BCUT2D eigenvalue weighted by molar-refractivity contribution is -0.757. The minimum atomic E-state index is -0.885. The molecule has 1 aromatic rings. The third-order valence-corrected chi connectivity index (χ3v) is 3.84. The summed E-state index contributed by atoms with van der Waals surface area (Å²) in [5.74, 6) is -0.337. The van der Waals surface area contributed by atoms with Gasteiger partial charge in [0.15, 0.2) is 5.13 Å². The molecule has 0 atom stereocenters. The van der Waals surface area contributed by atoms with Gasteiger partial charge in [-0.1, -0.05) is 0 Å². The molecular formula is C11H16N4O4S. The van der Waals surface area contributed by atoms with E-state index >= 15 is 0 Å². The topological polar surface area (TPSA) is 97.6 Å². The van der Waals surface area contributed by atoms with Crippen LogP contribution in [-0.4, -0.2) is 42.2 Å². The Labute approximate surface area is 119 Å². The molecule has 0 spiro atoms. The Kier molecular flexibility index (Phi) is 5.10. The van der Waals surface area contributed by atoms with Crippen LogP contribution in [0.1, 0.15) is 29.8 Å². The summed E-state index contributed by atoms with van der Waals surface area (Å²) in [4.78, 5) is 32.3. The van der Waals surface area contributed by atoms with Crippen molar-refractivity contribution in [3.05, 3.63) is 21.2 Å². The predicted octanol–water partition coefficient (Wildman–Crippen LogP) is 1.07. The van der Waals surface area contributed by atoms with Crippen molar-refractivity contribution in [3.63, 3.8) is 0 Å². The quantitative estimate of drug-likeness (QED) is 0.479. The minimum absolute atomic E-state index is 0.0797. The van der Waals surface area contributed by atoms with E-state index in [0.717, 1.165) is 31.1 Å². The summed E-state index contributed by atoms with van der Waals surface area (Å²) in [5.41, 5.74) is 0.344. The van der Waals surface area contributed by atoms with Crippen molar-refractivity contribution in [3.8, 4) is 0 Å². The van der Waals surface area contributed by atoms with E-state index in [0.29, 0.717) is 5.69 Å². The molecule has 0 unspecified atom stereocenters. The van der Waals surface area contributed by atoms with Gasteiger partial charge in [-0.05, 0) is 19.3 Å². The molecule has 8 nitrogen and oxygen atoms in total. The highest BCUT2D eigenvalue weighted by atomic mass is 32.1. The molecule has 2 rings (SSSR count). The average molecular weight is 300 g/mol. The van der Waals surface area contributed by atoms with Gasteiger partial charge in [-0.3, -0.25) is 4.79 Å². The van der Waals surface area contributed by atoms with Gasteiger partial charge < -0.3 is 15.1 Å². The van der Waals surface area contributed by atoms with Gasteiger partial charge in [-0.2, -0.15) is 0 Å². The number of thiazole rings is 1. The smallest absolute Gasteiger partial charge is 0.294 e. The Hall–Kier alpha value is -1.90. The summed E-state index contributed by atoms with van der Waals surface area (Å²) in [6, 6.07) is 0. The molecule has 0 saturated carbocycles. The van der Waals surface area contributed by atoms with Crippen molar-refractivity contribution in [2.45, 2.75) is 19.3 Å². The number of hydrogen-bond donors (Lipinski definition) is 1. The molecule has 9 heteroatoms. The SMILES string of the molecule is O=C(NCCO[N+](=O)[O-])c1csc(N2CCCCC2)n1. The highest BCUT2D eigenvalue weighted by Crippen LogP contribution is 2.23. The number of carbonyl (C=O) groups is 1. The van der Waals surface area contributed by atoms with E-state index in [1.54, 1.807) is 5.38 Å². The van der Waals surface area contributed by atoms with Gasteiger partial charge in [0.25, 0.3) is 11.0 Å². The van der Waals surface area contributed by atoms with Crippen LogP contribution in [0.2, 0.25) is 0 Å². The molecule has 1 amide bonds. The molecule has 1 aliphatic heterocycles. The van der Waals surface area contributed by atoms with Crippen molar-refractivity contribution >= 4 is 22.4 Å². The lowest BCUT2D eigenvalue weighted by atomic mass is 10.1. The van der Waals surface area contributed by atoms with Gasteiger partial charge in [0.2, 0.25) is 0 Å². The van der Waals surface area contributed by atoms with Crippen molar-refractivity contribution in [1.82, 2.24) is 10.3 Å². The molecular weight excluding hydrogens is 284 g/mol. The number of amides is 1. The second kappa shape index (κ2) is 7.04. The summed E-state index contributed by atoms with van der Waals surface area (Å²) in [6.45, 7) is 1.87. The monoisotopic (exact) mass is 300 g/mol. The summed E-state index contributed by atoms with van der Waals surface area (Å²) >= 11 is 1.44. The molecule has 1 aliphatic rings. The number of nitrogens with one attached hydrogen (secondary N) is 1. The first kappa shape index (κ1) is 14.5. The third kappa shape index (κ3) is 4.05. The zero-order chi connectivity index (χ0) is 14.4. The number of piperidine rings is 1. The molecule has 0 aromatic carbocycles. The molecule has 1 saturated heterocycles. The van der Waals surface area contributed by atoms with Crippen molar-refractivity contribution < 1.29 is 14.7 Å².